The Morgan fingerprint density at radius 1 is 1.13 bits per heavy atom. The fourth-order valence-electron chi connectivity index (χ4n) is 2.60. The lowest BCUT2D eigenvalue weighted by Crippen LogP contribution is -2.21. The van der Waals surface area contributed by atoms with Gasteiger partial charge in [-0.3, -0.25) is 4.79 Å². The van der Waals surface area contributed by atoms with E-state index in [0.717, 1.165) is 17.7 Å². The summed E-state index contributed by atoms with van der Waals surface area (Å²) in [5.74, 6) is -2.41. The number of rotatable bonds is 7. The molecule has 0 atom stereocenters. The average Bonchev–Trinajstić information content (AvgIpc) is 3.04. The molecule has 0 radical (unpaired) electrons. The minimum atomic E-state index is -0.937. The molecular formula is C21H18F2N2O5. The molecule has 1 heterocycles. The molecule has 9 heteroatoms. The predicted octanol–water partition coefficient (Wildman–Crippen LogP) is 3.94. The van der Waals surface area contributed by atoms with E-state index in [0.29, 0.717) is 17.5 Å². The smallest absolute Gasteiger partial charge is 0.342 e. The number of para-hydroxylation sites is 1. The van der Waals surface area contributed by atoms with E-state index in [9.17, 15) is 18.4 Å². The number of esters is 1. The number of amides is 1. The Bertz CT molecular complexity index is 1060. The minimum absolute atomic E-state index is 0.116. The molecule has 0 bridgehead atoms. The Hall–Kier alpha value is -3.75. The van der Waals surface area contributed by atoms with Crippen molar-refractivity contribution in [1.82, 2.24) is 5.16 Å². The Morgan fingerprint density at radius 2 is 1.90 bits per heavy atom. The molecule has 3 rings (SSSR count). The van der Waals surface area contributed by atoms with Crippen molar-refractivity contribution < 1.29 is 32.4 Å². The number of anilines is 1. The molecule has 1 N–H and O–H groups in total. The number of benzene rings is 2. The Labute approximate surface area is 170 Å². The third-order valence-corrected chi connectivity index (χ3v) is 4.20. The van der Waals surface area contributed by atoms with Crippen LogP contribution in [0.3, 0.4) is 0 Å². The van der Waals surface area contributed by atoms with Gasteiger partial charge in [0.1, 0.15) is 35.3 Å². The highest BCUT2D eigenvalue weighted by molar-refractivity contribution is 5.96. The van der Waals surface area contributed by atoms with Crippen molar-refractivity contribution in [3.05, 3.63) is 76.7 Å². The highest BCUT2D eigenvalue weighted by atomic mass is 19.1. The van der Waals surface area contributed by atoms with Crippen LogP contribution in [0.25, 0.3) is 0 Å². The van der Waals surface area contributed by atoms with Crippen LogP contribution in [-0.4, -0.2) is 23.6 Å². The number of ether oxygens (including phenoxy) is 2. The molecule has 2 aromatic carbocycles. The fourth-order valence-corrected chi connectivity index (χ4v) is 2.60. The van der Waals surface area contributed by atoms with E-state index in [1.54, 1.807) is 32.0 Å². The molecule has 0 saturated heterocycles. The van der Waals surface area contributed by atoms with Crippen LogP contribution in [0.2, 0.25) is 0 Å². The summed E-state index contributed by atoms with van der Waals surface area (Å²) >= 11 is 0. The third kappa shape index (κ3) is 4.99. The van der Waals surface area contributed by atoms with E-state index in [4.69, 9.17) is 14.0 Å². The van der Waals surface area contributed by atoms with Gasteiger partial charge in [0.25, 0.3) is 5.91 Å². The highest BCUT2D eigenvalue weighted by Crippen LogP contribution is 2.22. The van der Waals surface area contributed by atoms with Crippen molar-refractivity contribution >= 4 is 17.6 Å². The molecule has 30 heavy (non-hydrogen) atoms. The van der Waals surface area contributed by atoms with Crippen molar-refractivity contribution in [2.75, 3.05) is 11.9 Å². The van der Waals surface area contributed by atoms with Gasteiger partial charge in [0, 0.05) is 6.07 Å². The van der Waals surface area contributed by atoms with E-state index in [-0.39, 0.29) is 23.6 Å². The van der Waals surface area contributed by atoms with Gasteiger partial charge in [0.15, 0.2) is 6.61 Å². The van der Waals surface area contributed by atoms with E-state index < -0.39 is 30.1 Å². The Kier molecular flexibility index (Phi) is 6.41. The SMILES string of the molecule is Cc1noc(C)c1COc1ccccc1C(=O)OCC(=O)Nc1ccc(F)cc1F. The Morgan fingerprint density at radius 3 is 2.60 bits per heavy atom. The van der Waals surface area contributed by atoms with Gasteiger partial charge in [-0.05, 0) is 38.1 Å². The normalized spacial score (nSPS) is 10.5. The summed E-state index contributed by atoms with van der Waals surface area (Å²) in [5.41, 5.74) is 1.33. The molecule has 0 aliphatic rings. The first kappa shape index (κ1) is 21.0. The lowest BCUT2D eigenvalue weighted by molar-refractivity contribution is -0.119. The number of carbonyl (C=O) groups excluding carboxylic acids is 2. The zero-order valence-corrected chi connectivity index (χ0v) is 16.2. The van der Waals surface area contributed by atoms with Crippen LogP contribution in [0, 0.1) is 25.5 Å². The van der Waals surface area contributed by atoms with Crippen LogP contribution in [0.15, 0.2) is 47.0 Å². The summed E-state index contributed by atoms with van der Waals surface area (Å²) in [6.07, 6.45) is 0. The van der Waals surface area contributed by atoms with Crippen LogP contribution in [0.4, 0.5) is 14.5 Å². The van der Waals surface area contributed by atoms with Crippen molar-refractivity contribution in [1.29, 1.82) is 0 Å². The summed E-state index contributed by atoms with van der Waals surface area (Å²) in [4.78, 5) is 24.3. The monoisotopic (exact) mass is 416 g/mol. The van der Waals surface area contributed by atoms with Gasteiger partial charge >= 0.3 is 5.97 Å². The van der Waals surface area contributed by atoms with Crippen molar-refractivity contribution in [3.63, 3.8) is 0 Å². The summed E-state index contributed by atoms with van der Waals surface area (Å²) in [6.45, 7) is 3.00. The molecule has 7 nitrogen and oxygen atoms in total. The van der Waals surface area contributed by atoms with Crippen LogP contribution >= 0.6 is 0 Å². The second kappa shape index (κ2) is 9.17. The average molecular weight is 416 g/mol. The number of halogens is 2. The van der Waals surface area contributed by atoms with Gasteiger partial charge in [-0.15, -0.1) is 0 Å². The first-order chi connectivity index (χ1) is 14.3. The third-order valence-electron chi connectivity index (χ3n) is 4.20. The standard InChI is InChI=1S/C21H18F2N2O5/c1-12-16(13(2)30-25-12)10-28-19-6-4-3-5-15(19)21(27)29-11-20(26)24-18-8-7-14(22)9-17(18)23/h3-9H,10-11H2,1-2H3,(H,24,26). The number of aryl methyl sites for hydroxylation is 2. The van der Waals surface area contributed by atoms with Gasteiger partial charge in [-0.1, -0.05) is 17.3 Å². The van der Waals surface area contributed by atoms with Gasteiger partial charge in [-0.25, -0.2) is 13.6 Å². The van der Waals surface area contributed by atoms with Crippen LogP contribution in [-0.2, 0) is 16.1 Å². The second-order valence-corrected chi connectivity index (χ2v) is 6.34. The van der Waals surface area contributed by atoms with Gasteiger partial charge in [0.05, 0.1) is 16.9 Å². The lowest BCUT2D eigenvalue weighted by atomic mass is 10.2. The molecule has 1 amide bonds. The number of aromatic nitrogens is 1. The molecule has 0 aliphatic heterocycles. The summed E-state index contributed by atoms with van der Waals surface area (Å²) in [6, 6.07) is 9.08. The molecule has 0 unspecified atom stereocenters. The molecule has 3 aromatic rings. The maximum Gasteiger partial charge on any atom is 0.342 e. The number of hydrogen-bond donors (Lipinski definition) is 1. The van der Waals surface area contributed by atoms with E-state index >= 15 is 0 Å². The van der Waals surface area contributed by atoms with E-state index in [1.165, 1.54) is 6.07 Å². The molecule has 0 aliphatic carbocycles. The van der Waals surface area contributed by atoms with Gasteiger partial charge < -0.3 is 19.3 Å². The molecular weight excluding hydrogens is 398 g/mol. The minimum Gasteiger partial charge on any atom is -0.488 e. The van der Waals surface area contributed by atoms with Gasteiger partial charge in [0.2, 0.25) is 0 Å². The maximum absolute atomic E-state index is 13.6. The van der Waals surface area contributed by atoms with Gasteiger partial charge in [-0.2, -0.15) is 0 Å². The van der Waals surface area contributed by atoms with Crippen LogP contribution < -0.4 is 10.1 Å². The quantitative estimate of drug-likeness (QED) is 0.587. The molecule has 156 valence electrons. The highest BCUT2D eigenvalue weighted by Gasteiger charge is 2.17. The number of nitrogens with one attached hydrogen (secondary N) is 1. The van der Waals surface area contributed by atoms with Crippen molar-refractivity contribution in [2.24, 2.45) is 0 Å². The van der Waals surface area contributed by atoms with Crippen LogP contribution in [0.5, 0.6) is 5.75 Å². The summed E-state index contributed by atoms with van der Waals surface area (Å²) < 4.78 is 42.3. The maximum atomic E-state index is 13.6. The number of carbonyl (C=O) groups is 2. The molecule has 1 aromatic heterocycles. The van der Waals surface area contributed by atoms with Crippen LogP contribution in [0.1, 0.15) is 27.4 Å². The first-order valence-electron chi connectivity index (χ1n) is 8.90. The lowest BCUT2D eigenvalue weighted by Gasteiger charge is -2.11. The molecule has 0 saturated carbocycles. The number of nitrogens with zero attached hydrogens (tertiary/aromatic N) is 1. The molecule has 0 fully saturated rings. The summed E-state index contributed by atoms with van der Waals surface area (Å²) in [5, 5.41) is 6.05. The van der Waals surface area contributed by atoms with Crippen molar-refractivity contribution in [3.8, 4) is 5.75 Å². The largest absolute Gasteiger partial charge is 0.488 e. The zero-order chi connectivity index (χ0) is 21.7. The van der Waals surface area contributed by atoms with E-state index in [2.05, 4.69) is 10.5 Å². The zero-order valence-electron chi connectivity index (χ0n) is 16.2. The molecule has 0 spiro atoms. The summed E-state index contributed by atoms with van der Waals surface area (Å²) in [7, 11) is 0. The number of hydrogen-bond acceptors (Lipinski definition) is 6. The predicted molar refractivity (Wildman–Crippen MR) is 102 cm³/mol. The topological polar surface area (TPSA) is 90.7 Å². The van der Waals surface area contributed by atoms with Crippen molar-refractivity contribution in [2.45, 2.75) is 20.5 Å². The Balaban J connectivity index is 1.61. The van der Waals surface area contributed by atoms with E-state index in [1.807, 2.05) is 0 Å². The first-order valence-corrected chi connectivity index (χ1v) is 8.90. The fraction of sp³-hybridized carbons (Fsp3) is 0.190. The second-order valence-electron chi connectivity index (χ2n) is 6.34.